The van der Waals surface area contributed by atoms with E-state index in [2.05, 4.69) is 6.92 Å². The Morgan fingerprint density at radius 2 is 1.29 bits per heavy atom. The van der Waals surface area contributed by atoms with Gasteiger partial charge in [0, 0.05) is 12.5 Å². The molecule has 0 aromatic rings. The van der Waals surface area contributed by atoms with Gasteiger partial charge < -0.3 is 28.4 Å². The first-order valence-electron chi connectivity index (χ1n) is 11.8. The van der Waals surface area contributed by atoms with Crippen molar-refractivity contribution >= 4 is 12.4 Å². The second-order valence-corrected chi connectivity index (χ2v) is 7.31. The van der Waals surface area contributed by atoms with Crippen LogP contribution in [0.5, 0.6) is 0 Å². The lowest BCUT2D eigenvalue weighted by atomic mass is 9.98. The Kier molecular flexibility index (Phi) is 24.1. The minimum absolute atomic E-state index is 0.00828. The lowest BCUT2D eigenvalue weighted by Gasteiger charge is -2.15. The highest BCUT2D eigenvalue weighted by Crippen LogP contribution is 2.16. The largest absolute Gasteiger partial charge is 0.468 e. The normalized spacial score (nSPS) is 11.9. The van der Waals surface area contributed by atoms with E-state index >= 15 is 0 Å². The highest BCUT2D eigenvalue weighted by Gasteiger charge is 2.15. The van der Waals surface area contributed by atoms with Crippen molar-refractivity contribution in [3.05, 3.63) is 0 Å². The van der Waals surface area contributed by atoms with Crippen molar-refractivity contribution in [1.29, 1.82) is 0 Å². The molecule has 0 bridgehead atoms. The van der Waals surface area contributed by atoms with E-state index in [9.17, 15) is 9.59 Å². The maximum atomic E-state index is 12.0. The second-order valence-electron chi connectivity index (χ2n) is 7.31. The monoisotopic (exact) mass is 448 g/mol. The summed E-state index contributed by atoms with van der Waals surface area (Å²) in [6, 6.07) is 0. The first-order chi connectivity index (χ1) is 15.2. The Morgan fingerprint density at radius 1 is 0.742 bits per heavy atom. The first-order valence-corrected chi connectivity index (χ1v) is 11.8. The van der Waals surface area contributed by atoms with Crippen molar-refractivity contribution < 1.29 is 38.0 Å². The fourth-order valence-corrected chi connectivity index (χ4v) is 2.95. The third-order valence-electron chi connectivity index (χ3n) is 4.63. The fourth-order valence-electron chi connectivity index (χ4n) is 2.95. The number of carbonyl (C=O) groups is 2. The smallest absolute Gasteiger partial charge is 0.306 e. The molecule has 0 aromatic heterocycles. The molecule has 1 atom stereocenters. The lowest BCUT2D eigenvalue weighted by Crippen LogP contribution is -2.19. The van der Waals surface area contributed by atoms with Gasteiger partial charge in [-0.1, -0.05) is 45.4 Å². The number of rotatable bonds is 25. The number of hydrogen-bond acceptors (Lipinski definition) is 8. The maximum absolute atomic E-state index is 12.0. The summed E-state index contributed by atoms with van der Waals surface area (Å²) < 4.78 is 31.4. The first kappa shape index (κ1) is 29.8. The molecule has 8 heteroatoms. The van der Waals surface area contributed by atoms with Gasteiger partial charge in [0.05, 0.1) is 59.3 Å². The Labute approximate surface area is 188 Å². The van der Waals surface area contributed by atoms with Crippen LogP contribution in [0.4, 0.5) is 0 Å². The van der Waals surface area contributed by atoms with Gasteiger partial charge in [0.1, 0.15) is 6.61 Å². The fraction of sp³-hybridized carbons (Fsp3) is 0.913. The van der Waals surface area contributed by atoms with E-state index in [1.54, 1.807) is 0 Å². The number of ether oxygens (including phenoxy) is 6. The molecule has 0 heterocycles. The minimum atomic E-state index is -0.283. The summed E-state index contributed by atoms with van der Waals surface area (Å²) in [5.41, 5.74) is 0. The SMILES string of the molecule is CCCCCCCCC(COC=O)CC(=O)OCCOCCOCCOCCOCC. The number of unbranched alkanes of at least 4 members (excludes halogenated alkanes) is 5. The number of carbonyl (C=O) groups excluding carboxylic acids is 2. The van der Waals surface area contributed by atoms with Gasteiger partial charge in [-0.15, -0.1) is 0 Å². The second kappa shape index (κ2) is 25.0. The third kappa shape index (κ3) is 23.3. The average Bonchev–Trinajstić information content (AvgIpc) is 2.77. The summed E-state index contributed by atoms with van der Waals surface area (Å²) in [7, 11) is 0. The summed E-state index contributed by atoms with van der Waals surface area (Å²) in [5.74, 6) is -0.275. The Morgan fingerprint density at radius 3 is 1.87 bits per heavy atom. The molecular weight excluding hydrogens is 404 g/mol. The topological polar surface area (TPSA) is 89.5 Å². The molecule has 0 fully saturated rings. The van der Waals surface area contributed by atoms with E-state index in [1.807, 2.05) is 6.92 Å². The summed E-state index contributed by atoms with van der Waals surface area (Å²) in [6.45, 7) is 9.17. The standard InChI is InChI=1S/C23H44O8/c1-3-5-6-7-8-9-10-22(20-30-21-24)19-23(25)31-18-17-29-16-15-28-14-13-27-12-11-26-4-2/h21-22H,3-20H2,1-2H3. The number of hydrogen-bond donors (Lipinski definition) is 0. The molecule has 0 aliphatic heterocycles. The van der Waals surface area contributed by atoms with Crippen LogP contribution < -0.4 is 0 Å². The zero-order chi connectivity index (χ0) is 22.8. The van der Waals surface area contributed by atoms with Gasteiger partial charge in [0.25, 0.3) is 6.47 Å². The van der Waals surface area contributed by atoms with Crippen LogP contribution in [-0.2, 0) is 38.0 Å². The predicted molar refractivity (Wildman–Crippen MR) is 118 cm³/mol. The van der Waals surface area contributed by atoms with Gasteiger partial charge in [-0.2, -0.15) is 0 Å². The molecule has 0 amide bonds. The van der Waals surface area contributed by atoms with Gasteiger partial charge in [0.15, 0.2) is 0 Å². The molecule has 0 spiro atoms. The molecule has 1 unspecified atom stereocenters. The quantitative estimate of drug-likeness (QED) is 0.119. The molecule has 184 valence electrons. The maximum Gasteiger partial charge on any atom is 0.306 e. The molecule has 31 heavy (non-hydrogen) atoms. The molecule has 0 radical (unpaired) electrons. The van der Waals surface area contributed by atoms with Crippen LogP contribution in [0.3, 0.4) is 0 Å². The zero-order valence-corrected chi connectivity index (χ0v) is 19.6. The Hall–Kier alpha value is -1.22. The van der Waals surface area contributed by atoms with E-state index in [4.69, 9.17) is 28.4 Å². The van der Waals surface area contributed by atoms with E-state index in [0.29, 0.717) is 59.3 Å². The van der Waals surface area contributed by atoms with Crippen molar-refractivity contribution in [2.24, 2.45) is 5.92 Å². The zero-order valence-electron chi connectivity index (χ0n) is 19.6. The van der Waals surface area contributed by atoms with Crippen LogP contribution in [0.2, 0.25) is 0 Å². The van der Waals surface area contributed by atoms with E-state index < -0.39 is 0 Å². The van der Waals surface area contributed by atoms with Crippen molar-refractivity contribution in [3.8, 4) is 0 Å². The van der Waals surface area contributed by atoms with E-state index in [0.717, 1.165) is 19.3 Å². The van der Waals surface area contributed by atoms with E-state index in [1.165, 1.54) is 25.7 Å². The van der Waals surface area contributed by atoms with Gasteiger partial charge in [-0.25, -0.2) is 0 Å². The van der Waals surface area contributed by atoms with Gasteiger partial charge in [-0.05, 0) is 13.3 Å². The van der Waals surface area contributed by atoms with Gasteiger partial charge in [0.2, 0.25) is 0 Å². The third-order valence-corrected chi connectivity index (χ3v) is 4.63. The lowest BCUT2D eigenvalue weighted by molar-refractivity contribution is -0.148. The summed E-state index contributed by atoms with van der Waals surface area (Å²) in [6.07, 6.45) is 8.24. The van der Waals surface area contributed by atoms with Crippen LogP contribution in [0.15, 0.2) is 0 Å². The van der Waals surface area contributed by atoms with Crippen LogP contribution in [-0.4, -0.2) is 78.5 Å². The van der Waals surface area contributed by atoms with Crippen molar-refractivity contribution in [2.45, 2.75) is 65.2 Å². The molecular formula is C23H44O8. The minimum Gasteiger partial charge on any atom is -0.468 e. The molecule has 0 saturated carbocycles. The highest BCUT2D eigenvalue weighted by molar-refractivity contribution is 5.69. The summed E-state index contributed by atoms with van der Waals surface area (Å²) in [5, 5.41) is 0. The van der Waals surface area contributed by atoms with Gasteiger partial charge in [-0.3, -0.25) is 9.59 Å². The summed E-state index contributed by atoms with van der Waals surface area (Å²) in [4.78, 5) is 22.5. The molecule has 0 aromatic carbocycles. The van der Waals surface area contributed by atoms with Crippen LogP contribution in [0.25, 0.3) is 0 Å². The molecule has 0 aliphatic carbocycles. The number of esters is 1. The average molecular weight is 449 g/mol. The van der Waals surface area contributed by atoms with Crippen LogP contribution >= 0.6 is 0 Å². The van der Waals surface area contributed by atoms with Crippen LogP contribution in [0, 0.1) is 5.92 Å². The van der Waals surface area contributed by atoms with Crippen molar-refractivity contribution in [3.63, 3.8) is 0 Å². The molecule has 8 nitrogen and oxygen atoms in total. The highest BCUT2D eigenvalue weighted by atomic mass is 16.6. The van der Waals surface area contributed by atoms with Gasteiger partial charge >= 0.3 is 5.97 Å². The molecule has 0 saturated heterocycles. The van der Waals surface area contributed by atoms with Crippen molar-refractivity contribution in [2.75, 3.05) is 66.1 Å². The molecule has 0 N–H and O–H groups in total. The van der Waals surface area contributed by atoms with E-state index in [-0.39, 0.29) is 31.5 Å². The molecule has 0 aliphatic rings. The Balaban J connectivity index is 3.61. The van der Waals surface area contributed by atoms with Crippen LogP contribution in [0.1, 0.15) is 65.2 Å². The predicted octanol–water partition coefficient (Wildman–Crippen LogP) is 3.55. The summed E-state index contributed by atoms with van der Waals surface area (Å²) >= 11 is 0. The molecule has 0 rings (SSSR count). The van der Waals surface area contributed by atoms with Crippen molar-refractivity contribution in [1.82, 2.24) is 0 Å². The Bertz CT molecular complexity index is 392.